The monoisotopic (exact) mass is 418 g/mol. The third-order valence-corrected chi connectivity index (χ3v) is 4.25. The molecule has 0 fully saturated rings. The zero-order valence-corrected chi connectivity index (χ0v) is 15.7. The molecule has 0 amide bonds. The van der Waals surface area contributed by atoms with E-state index in [1.165, 1.54) is 0 Å². The lowest BCUT2D eigenvalue weighted by atomic mass is 9.91. The number of unbranched alkanes of at least 4 members (excludes halogenated alkanes) is 1. The summed E-state index contributed by atoms with van der Waals surface area (Å²) >= 11 is 8.53. The summed E-state index contributed by atoms with van der Waals surface area (Å²) < 4.78 is 5.82. The molecule has 0 saturated heterocycles. The first-order valence-electron chi connectivity index (χ1n) is 7.71. The number of Topliss-reactive ketones (excluding diaryl/α,β-unsaturated/α-hetero) is 1. The van der Waals surface area contributed by atoms with Gasteiger partial charge in [-0.25, -0.2) is 4.79 Å². The van der Waals surface area contributed by atoms with E-state index in [1.54, 1.807) is 24.3 Å². The number of benzene rings is 1. The summed E-state index contributed by atoms with van der Waals surface area (Å²) in [4.78, 5) is 34.7. The summed E-state index contributed by atoms with van der Waals surface area (Å²) in [5.74, 6) is -2.28. The van der Waals surface area contributed by atoms with Crippen LogP contribution in [-0.2, 0) is 9.53 Å². The van der Waals surface area contributed by atoms with E-state index in [9.17, 15) is 19.5 Å². The van der Waals surface area contributed by atoms with Crippen molar-refractivity contribution >= 4 is 44.7 Å². The maximum absolute atomic E-state index is 12.3. The summed E-state index contributed by atoms with van der Waals surface area (Å²) in [6, 6.07) is 6.72. The highest BCUT2D eigenvalue weighted by molar-refractivity contribution is 9.10. The maximum Gasteiger partial charge on any atom is 0.404 e. The van der Waals surface area contributed by atoms with E-state index >= 15 is 0 Å². The molecule has 0 aliphatic carbocycles. The Kier molecular flexibility index (Phi) is 9.00. The minimum Gasteiger partial charge on any atom is -0.481 e. The highest BCUT2D eigenvalue weighted by atomic mass is 79.9. The van der Waals surface area contributed by atoms with Gasteiger partial charge >= 0.3 is 11.4 Å². The van der Waals surface area contributed by atoms with Gasteiger partial charge in [-0.1, -0.05) is 47.8 Å². The maximum atomic E-state index is 12.3. The smallest absolute Gasteiger partial charge is 0.404 e. The lowest BCUT2D eigenvalue weighted by molar-refractivity contribution is -0.142. The molecule has 7 heteroatoms. The van der Waals surface area contributed by atoms with Crippen molar-refractivity contribution in [2.45, 2.75) is 45.1 Å². The Morgan fingerprint density at radius 2 is 1.88 bits per heavy atom. The number of ketones is 1. The summed E-state index contributed by atoms with van der Waals surface area (Å²) in [6.07, 6.45) is 1.49. The van der Waals surface area contributed by atoms with Crippen molar-refractivity contribution in [2.75, 3.05) is 0 Å². The second-order valence-electron chi connectivity index (χ2n) is 5.52. The van der Waals surface area contributed by atoms with Crippen LogP contribution in [-0.4, -0.2) is 28.4 Å². The second kappa shape index (κ2) is 10.5. The van der Waals surface area contributed by atoms with Gasteiger partial charge in [0.2, 0.25) is 0 Å². The van der Waals surface area contributed by atoms with Crippen LogP contribution in [0.2, 0.25) is 0 Å². The molecule has 2 atom stereocenters. The molecule has 24 heavy (non-hydrogen) atoms. The molecule has 1 N–H and O–H groups in total. The van der Waals surface area contributed by atoms with E-state index in [1.807, 2.05) is 6.92 Å². The van der Waals surface area contributed by atoms with Crippen molar-refractivity contribution in [3.8, 4) is 0 Å². The van der Waals surface area contributed by atoms with Crippen LogP contribution in [0, 0.1) is 5.92 Å². The van der Waals surface area contributed by atoms with E-state index in [-0.39, 0.29) is 18.6 Å². The van der Waals surface area contributed by atoms with E-state index < -0.39 is 23.4 Å². The number of rotatable bonds is 10. The number of carboxylic acid groups (broad SMARTS) is 1. The van der Waals surface area contributed by atoms with Gasteiger partial charge in [0.25, 0.3) is 0 Å². The molecule has 0 radical (unpaired) electrons. The number of aliphatic carboxylic acids is 1. The highest BCUT2D eigenvalue weighted by Gasteiger charge is 2.27. The molecule has 0 aliphatic heterocycles. The standard InChI is InChI=1S/C17H20BrClO5/c1-2-3-4-14(24-17(19)23)9-12(16(21)22)10-15(20)11-5-7-13(18)8-6-11/h5-8,12,14H,2-4,9-10H2,1H3,(H,21,22). The fourth-order valence-corrected chi connectivity index (χ4v) is 2.74. The van der Waals surface area contributed by atoms with E-state index in [2.05, 4.69) is 15.9 Å². The molecule has 132 valence electrons. The zero-order chi connectivity index (χ0) is 18.1. The molecule has 0 aromatic heterocycles. The average molecular weight is 420 g/mol. The molecule has 2 unspecified atom stereocenters. The number of carboxylic acids is 1. The van der Waals surface area contributed by atoms with Gasteiger partial charge in [-0.15, -0.1) is 0 Å². The Bertz CT molecular complexity index is 573. The molecule has 1 aromatic rings. The minimum atomic E-state index is -1.09. The topological polar surface area (TPSA) is 80.7 Å². The van der Waals surface area contributed by atoms with Crippen molar-refractivity contribution in [1.29, 1.82) is 0 Å². The Balaban J connectivity index is 2.76. The van der Waals surface area contributed by atoms with Crippen LogP contribution in [0.3, 0.4) is 0 Å². The molecule has 0 heterocycles. The molecule has 0 aliphatic rings. The predicted octanol–water partition coefficient (Wildman–Crippen LogP) is 5.05. The number of ether oxygens (including phenoxy) is 1. The molecule has 0 saturated carbocycles. The molecule has 5 nitrogen and oxygen atoms in total. The van der Waals surface area contributed by atoms with Crippen LogP contribution in [0.4, 0.5) is 4.79 Å². The fourth-order valence-electron chi connectivity index (χ4n) is 2.35. The van der Waals surface area contributed by atoms with Crippen molar-refractivity contribution in [3.63, 3.8) is 0 Å². The normalized spacial score (nSPS) is 13.1. The summed E-state index contributed by atoms with van der Waals surface area (Å²) in [5.41, 5.74) is -0.511. The molecule has 1 rings (SSSR count). The van der Waals surface area contributed by atoms with Gasteiger partial charge in [0.1, 0.15) is 6.10 Å². The van der Waals surface area contributed by atoms with Gasteiger partial charge in [0.15, 0.2) is 5.78 Å². The largest absolute Gasteiger partial charge is 0.481 e. The van der Waals surface area contributed by atoms with Crippen LogP contribution in [0.25, 0.3) is 0 Å². The molecule has 0 bridgehead atoms. The molecule has 1 aromatic carbocycles. The molecule has 0 spiro atoms. The van der Waals surface area contributed by atoms with Gasteiger partial charge in [-0.05, 0) is 25.0 Å². The lowest BCUT2D eigenvalue weighted by Gasteiger charge is -2.20. The van der Waals surface area contributed by atoms with Crippen molar-refractivity contribution in [1.82, 2.24) is 0 Å². The predicted molar refractivity (Wildman–Crippen MR) is 94.5 cm³/mol. The minimum absolute atomic E-state index is 0.0655. The van der Waals surface area contributed by atoms with Crippen LogP contribution in [0.5, 0.6) is 0 Å². The Morgan fingerprint density at radius 3 is 2.38 bits per heavy atom. The zero-order valence-electron chi connectivity index (χ0n) is 13.3. The number of halogens is 2. The molecular weight excluding hydrogens is 400 g/mol. The van der Waals surface area contributed by atoms with Crippen LogP contribution >= 0.6 is 27.5 Å². The van der Waals surface area contributed by atoms with E-state index in [0.29, 0.717) is 12.0 Å². The first kappa shape index (κ1) is 20.6. The van der Waals surface area contributed by atoms with Gasteiger partial charge in [0.05, 0.1) is 5.92 Å². The van der Waals surface area contributed by atoms with Crippen LogP contribution in [0.1, 0.15) is 49.4 Å². The van der Waals surface area contributed by atoms with Crippen molar-refractivity contribution in [3.05, 3.63) is 34.3 Å². The first-order chi connectivity index (χ1) is 11.3. The summed E-state index contributed by atoms with van der Waals surface area (Å²) in [7, 11) is 0. The summed E-state index contributed by atoms with van der Waals surface area (Å²) in [6.45, 7) is 1.98. The third-order valence-electron chi connectivity index (χ3n) is 3.63. The third kappa shape index (κ3) is 7.45. The second-order valence-corrected chi connectivity index (χ2v) is 6.75. The quantitative estimate of drug-likeness (QED) is 0.424. The SMILES string of the molecule is CCCCC(CC(CC(=O)c1ccc(Br)cc1)C(=O)O)OC(=O)Cl. The van der Waals surface area contributed by atoms with Crippen molar-refractivity contribution < 1.29 is 24.2 Å². The average Bonchev–Trinajstić information content (AvgIpc) is 2.51. The fraction of sp³-hybridized carbons (Fsp3) is 0.471. The number of carbonyl (C=O) groups excluding carboxylic acids is 2. The van der Waals surface area contributed by atoms with E-state index in [4.69, 9.17) is 16.3 Å². The Hall–Kier alpha value is -1.40. The number of hydrogen-bond acceptors (Lipinski definition) is 4. The van der Waals surface area contributed by atoms with Crippen LogP contribution in [0.15, 0.2) is 28.7 Å². The number of carbonyl (C=O) groups is 3. The van der Waals surface area contributed by atoms with Gasteiger partial charge in [-0.2, -0.15) is 0 Å². The van der Waals surface area contributed by atoms with Gasteiger partial charge < -0.3 is 9.84 Å². The van der Waals surface area contributed by atoms with Gasteiger partial charge in [0, 0.05) is 28.1 Å². The Morgan fingerprint density at radius 1 is 1.25 bits per heavy atom. The summed E-state index contributed by atoms with van der Waals surface area (Å²) in [5, 5.41) is 9.39. The van der Waals surface area contributed by atoms with Crippen molar-refractivity contribution in [2.24, 2.45) is 5.92 Å². The highest BCUT2D eigenvalue weighted by Crippen LogP contribution is 2.22. The molecular formula is C17H20BrClO5. The van der Waals surface area contributed by atoms with E-state index in [0.717, 1.165) is 17.3 Å². The number of hydrogen-bond donors (Lipinski definition) is 1. The Labute approximate surface area is 154 Å². The van der Waals surface area contributed by atoms with Gasteiger partial charge in [-0.3, -0.25) is 9.59 Å². The first-order valence-corrected chi connectivity index (χ1v) is 8.88. The lowest BCUT2D eigenvalue weighted by Crippen LogP contribution is -2.26. The van der Waals surface area contributed by atoms with Crippen LogP contribution < -0.4 is 0 Å².